The van der Waals surface area contributed by atoms with Crippen LogP contribution in [0.1, 0.15) is 0 Å². The Morgan fingerprint density at radius 3 is 3.03 bits per heavy atom. The van der Waals surface area contributed by atoms with E-state index in [2.05, 4.69) is 37.6 Å². The molecule has 0 radical (unpaired) electrons. The molecule has 178 valence electrons. The molecule has 0 bridgehead atoms. The molecule has 0 saturated carbocycles. The summed E-state index contributed by atoms with van der Waals surface area (Å²) >= 11 is 6.47. The molecule has 6 heterocycles. The third-order valence-corrected chi connectivity index (χ3v) is 7.81. The summed E-state index contributed by atoms with van der Waals surface area (Å²) < 4.78 is 13.4. The molecule has 3 aliphatic heterocycles. The summed E-state index contributed by atoms with van der Waals surface area (Å²) in [5, 5.41) is 7.41. The van der Waals surface area contributed by atoms with Crippen LogP contribution in [0.2, 0.25) is 5.02 Å². The summed E-state index contributed by atoms with van der Waals surface area (Å²) in [6.07, 6.45) is 5.30. The SMILES string of the molecule is COc1cc(N2CC3NC4COCC43C2)ccc1Nc1ncc(Cl)c(-c2cnc3ccccn23)n1. The molecule has 2 N–H and O–H groups in total. The molecule has 0 aliphatic carbocycles. The number of nitrogens with one attached hydrogen (secondary N) is 2. The van der Waals surface area contributed by atoms with Crippen LogP contribution in [-0.2, 0) is 4.74 Å². The molecule has 1 spiro atoms. The summed E-state index contributed by atoms with van der Waals surface area (Å²) in [7, 11) is 1.67. The van der Waals surface area contributed by atoms with Crippen molar-refractivity contribution in [3.63, 3.8) is 0 Å². The predicted octanol–water partition coefficient (Wildman–Crippen LogP) is 3.37. The molecule has 3 unspecified atom stereocenters. The number of aromatic nitrogens is 4. The molecular weight excluding hydrogens is 466 g/mol. The van der Waals surface area contributed by atoms with Gasteiger partial charge in [0.2, 0.25) is 5.95 Å². The number of pyridine rings is 1. The Morgan fingerprint density at radius 1 is 1.20 bits per heavy atom. The molecule has 3 aliphatic rings. The van der Waals surface area contributed by atoms with Gasteiger partial charge in [-0.2, -0.15) is 0 Å². The van der Waals surface area contributed by atoms with Crippen LogP contribution in [0.25, 0.3) is 17.0 Å². The van der Waals surface area contributed by atoms with Crippen molar-refractivity contribution in [2.75, 3.05) is 43.6 Å². The average Bonchev–Trinajstić information content (AvgIpc) is 3.54. The quantitative estimate of drug-likeness (QED) is 0.441. The van der Waals surface area contributed by atoms with Gasteiger partial charge < -0.3 is 25.0 Å². The largest absolute Gasteiger partial charge is 0.494 e. The Hall–Kier alpha value is -3.40. The number of fused-ring (bicyclic) bond motifs is 1. The van der Waals surface area contributed by atoms with Gasteiger partial charge in [-0.05, 0) is 24.3 Å². The number of halogens is 1. The monoisotopic (exact) mass is 489 g/mol. The van der Waals surface area contributed by atoms with Crippen LogP contribution >= 0.6 is 11.6 Å². The minimum Gasteiger partial charge on any atom is -0.494 e. The highest BCUT2D eigenvalue weighted by atomic mass is 35.5. The fourth-order valence-electron chi connectivity index (χ4n) is 5.66. The summed E-state index contributed by atoms with van der Waals surface area (Å²) in [6, 6.07) is 13.0. The lowest BCUT2D eigenvalue weighted by Gasteiger charge is -2.46. The Labute approximate surface area is 207 Å². The third kappa shape index (κ3) is 3.19. The van der Waals surface area contributed by atoms with E-state index in [1.165, 1.54) is 0 Å². The molecule has 9 nitrogen and oxygen atoms in total. The van der Waals surface area contributed by atoms with Gasteiger partial charge in [0.05, 0.1) is 49.1 Å². The van der Waals surface area contributed by atoms with Crippen molar-refractivity contribution in [3.8, 4) is 17.1 Å². The van der Waals surface area contributed by atoms with Crippen LogP contribution < -0.4 is 20.3 Å². The maximum atomic E-state index is 6.47. The van der Waals surface area contributed by atoms with Crippen LogP contribution in [0, 0.1) is 5.41 Å². The standard InChI is InChI=1S/C25H24ClN7O2/c1-34-19-8-15(32-11-20-25(13-32)14-35-12-21(25)30-20)5-6-17(19)29-24-28-9-16(26)23(31-24)18-10-27-22-4-2-3-7-33(18)22/h2-10,20-21,30H,11-14H2,1H3,(H,28,29,31). The van der Waals surface area contributed by atoms with Gasteiger partial charge in [0.1, 0.15) is 17.1 Å². The fourth-order valence-corrected chi connectivity index (χ4v) is 5.84. The van der Waals surface area contributed by atoms with Crippen molar-refractivity contribution in [1.82, 2.24) is 24.7 Å². The Bertz CT molecular complexity index is 1440. The molecule has 4 aromatic rings. The van der Waals surface area contributed by atoms with Gasteiger partial charge in [0.15, 0.2) is 0 Å². The summed E-state index contributed by atoms with van der Waals surface area (Å²) in [5.74, 6) is 1.15. The van der Waals surface area contributed by atoms with Crippen LogP contribution in [0.4, 0.5) is 17.3 Å². The lowest BCUT2D eigenvalue weighted by atomic mass is 9.71. The molecule has 1 aromatic carbocycles. The van der Waals surface area contributed by atoms with Crippen molar-refractivity contribution in [2.45, 2.75) is 12.1 Å². The van der Waals surface area contributed by atoms with E-state index in [-0.39, 0.29) is 5.41 Å². The normalized spacial score (nSPS) is 24.8. The zero-order chi connectivity index (χ0) is 23.6. The van der Waals surface area contributed by atoms with Crippen molar-refractivity contribution >= 4 is 34.6 Å². The Morgan fingerprint density at radius 2 is 2.14 bits per heavy atom. The van der Waals surface area contributed by atoms with E-state index in [4.69, 9.17) is 26.1 Å². The summed E-state index contributed by atoms with van der Waals surface area (Å²) in [6.45, 7) is 3.62. The molecule has 35 heavy (non-hydrogen) atoms. The molecule has 10 heteroatoms. The molecule has 3 atom stereocenters. The van der Waals surface area contributed by atoms with Crippen molar-refractivity contribution in [3.05, 3.63) is 60.0 Å². The van der Waals surface area contributed by atoms with Gasteiger partial charge in [-0.15, -0.1) is 0 Å². The topological polar surface area (TPSA) is 88.8 Å². The fraction of sp³-hybridized carbons (Fsp3) is 0.320. The number of methoxy groups -OCH3 is 1. The van der Waals surface area contributed by atoms with E-state index in [9.17, 15) is 0 Å². The van der Waals surface area contributed by atoms with Gasteiger partial charge >= 0.3 is 0 Å². The summed E-state index contributed by atoms with van der Waals surface area (Å²) in [4.78, 5) is 15.9. The van der Waals surface area contributed by atoms with Crippen molar-refractivity contribution in [1.29, 1.82) is 0 Å². The second kappa shape index (κ2) is 7.81. The lowest BCUT2D eigenvalue weighted by molar-refractivity contribution is 0.0929. The Balaban J connectivity index is 1.17. The van der Waals surface area contributed by atoms with E-state index < -0.39 is 0 Å². The molecule has 3 aromatic heterocycles. The van der Waals surface area contributed by atoms with Crippen LogP contribution in [-0.4, -0.2) is 64.8 Å². The van der Waals surface area contributed by atoms with Gasteiger partial charge in [-0.3, -0.25) is 4.40 Å². The highest BCUT2D eigenvalue weighted by Crippen LogP contribution is 2.47. The zero-order valence-electron chi connectivity index (χ0n) is 19.1. The number of ether oxygens (including phenoxy) is 2. The van der Waals surface area contributed by atoms with E-state index in [0.29, 0.717) is 28.7 Å². The average molecular weight is 490 g/mol. The Kier molecular flexibility index (Phi) is 4.67. The van der Waals surface area contributed by atoms with Gasteiger partial charge in [-0.1, -0.05) is 17.7 Å². The maximum absolute atomic E-state index is 6.47. The van der Waals surface area contributed by atoms with Crippen LogP contribution in [0.15, 0.2) is 55.0 Å². The number of imidazole rings is 1. The number of hydrogen-bond acceptors (Lipinski definition) is 8. The van der Waals surface area contributed by atoms with Gasteiger partial charge in [-0.25, -0.2) is 15.0 Å². The first kappa shape index (κ1) is 20.9. The van der Waals surface area contributed by atoms with Crippen molar-refractivity contribution < 1.29 is 9.47 Å². The minimum atomic E-state index is 0.246. The second-order valence-electron chi connectivity index (χ2n) is 9.37. The number of hydrogen-bond donors (Lipinski definition) is 2. The molecule has 7 rings (SSSR count). The second-order valence-corrected chi connectivity index (χ2v) is 9.78. The van der Waals surface area contributed by atoms with Crippen LogP contribution in [0.5, 0.6) is 5.75 Å². The molecule has 0 amide bonds. The van der Waals surface area contributed by atoms with Crippen LogP contribution in [0.3, 0.4) is 0 Å². The minimum absolute atomic E-state index is 0.246. The summed E-state index contributed by atoms with van der Waals surface area (Å²) in [5.41, 5.74) is 4.38. The molecule has 3 saturated heterocycles. The first-order valence-electron chi connectivity index (χ1n) is 11.6. The van der Waals surface area contributed by atoms with E-state index >= 15 is 0 Å². The first-order chi connectivity index (χ1) is 17.1. The first-order valence-corrected chi connectivity index (χ1v) is 12.0. The van der Waals surface area contributed by atoms with Gasteiger partial charge in [0.25, 0.3) is 0 Å². The van der Waals surface area contributed by atoms with E-state index in [1.807, 2.05) is 34.9 Å². The molecule has 3 fully saturated rings. The molecular formula is C25H24ClN7O2. The predicted molar refractivity (Wildman–Crippen MR) is 134 cm³/mol. The number of rotatable bonds is 5. The number of nitrogens with zero attached hydrogens (tertiary/aromatic N) is 5. The maximum Gasteiger partial charge on any atom is 0.227 e. The van der Waals surface area contributed by atoms with Crippen molar-refractivity contribution in [2.24, 2.45) is 5.41 Å². The van der Waals surface area contributed by atoms with E-state index in [0.717, 1.165) is 54.8 Å². The highest BCUT2D eigenvalue weighted by Gasteiger charge is 2.62. The number of benzene rings is 1. The number of anilines is 3. The zero-order valence-corrected chi connectivity index (χ0v) is 19.9. The van der Waals surface area contributed by atoms with E-state index in [1.54, 1.807) is 19.5 Å². The lowest BCUT2D eigenvalue weighted by Crippen LogP contribution is -2.68. The highest BCUT2D eigenvalue weighted by molar-refractivity contribution is 6.32. The van der Waals surface area contributed by atoms with Gasteiger partial charge in [0, 0.05) is 48.5 Å². The third-order valence-electron chi connectivity index (χ3n) is 7.53. The smallest absolute Gasteiger partial charge is 0.227 e.